The third kappa shape index (κ3) is 4.24. The number of hydrogen-bond donors (Lipinski definition) is 0. The molecule has 4 rings (SSSR count). The fourth-order valence-electron chi connectivity index (χ4n) is 4.18. The molecule has 0 aromatic heterocycles. The van der Waals surface area contributed by atoms with Gasteiger partial charge in [0.15, 0.2) is 0 Å². The molecule has 2 aromatic rings. The van der Waals surface area contributed by atoms with E-state index in [1.807, 2.05) is 20.8 Å². The molecule has 0 spiro atoms. The molecule has 2 aliphatic rings. The number of ketones is 1. The van der Waals surface area contributed by atoms with Gasteiger partial charge in [-0.3, -0.25) is 0 Å². The summed E-state index contributed by atoms with van der Waals surface area (Å²) in [5.41, 5.74) is 11.7. The van der Waals surface area contributed by atoms with E-state index in [0.29, 0.717) is 5.75 Å². The number of benzene rings is 2. The molecule has 0 saturated carbocycles. The van der Waals surface area contributed by atoms with Crippen molar-refractivity contribution >= 4 is 44.9 Å². The average molecular weight is 517 g/mol. The molecular weight excluding hydrogens is 491 g/mol. The van der Waals surface area contributed by atoms with Crippen molar-refractivity contribution in [3.05, 3.63) is 69.8 Å². The molecule has 2 aromatic carbocycles. The van der Waals surface area contributed by atoms with Gasteiger partial charge in [0, 0.05) is 0 Å². The maximum atomic E-state index is 13.4. The van der Waals surface area contributed by atoms with E-state index < -0.39 is 29.8 Å². The molecule has 6 nitrogen and oxygen atoms in total. The second kappa shape index (κ2) is 8.80. The molecule has 32 heavy (non-hydrogen) atoms. The molecule has 0 amide bonds. The van der Waals surface area contributed by atoms with Crippen LogP contribution in [0.25, 0.3) is 10.4 Å². The van der Waals surface area contributed by atoms with Crippen LogP contribution >= 0.6 is 0 Å². The molecular formula is C24H25N2O4SSe+. The van der Waals surface area contributed by atoms with Crippen molar-refractivity contribution in [2.24, 2.45) is 0 Å². The minimum atomic E-state index is -4.29. The van der Waals surface area contributed by atoms with Crippen molar-refractivity contribution in [3.63, 3.8) is 0 Å². The van der Waals surface area contributed by atoms with E-state index in [-0.39, 0.29) is 21.7 Å². The first-order chi connectivity index (χ1) is 15.2. The molecule has 1 aliphatic heterocycles. The first-order valence-electron chi connectivity index (χ1n) is 10.5. The molecule has 0 radical (unpaired) electrons. The number of fused-ring (bicyclic) bond motifs is 1. The number of nitrogens with zero attached hydrogens (tertiary/aromatic N) is 2. The van der Waals surface area contributed by atoms with Crippen LogP contribution < -0.4 is 8.64 Å². The molecule has 166 valence electrons. The average Bonchev–Trinajstić information content (AvgIpc) is 2.76. The molecule has 1 saturated heterocycles. The molecule has 0 bridgehead atoms. The quantitative estimate of drug-likeness (QED) is 0.264. The fourth-order valence-corrected chi connectivity index (χ4v) is 10.6. The van der Waals surface area contributed by atoms with Crippen molar-refractivity contribution in [3.8, 4) is 5.75 Å². The minimum absolute atomic E-state index is 0.166. The van der Waals surface area contributed by atoms with Crippen LogP contribution in [-0.2, 0) is 10.1 Å². The van der Waals surface area contributed by atoms with Gasteiger partial charge in [-0.15, -0.1) is 0 Å². The first-order valence-corrected chi connectivity index (χ1v) is 15.2. The summed E-state index contributed by atoms with van der Waals surface area (Å²) < 4.78 is 33.7. The summed E-state index contributed by atoms with van der Waals surface area (Å²) in [6, 6.07) is 9.03. The van der Waals surface area contributed by atoms with Crippen LogP contribution in [-0.4, -0.2) is 38.6 Å². The van der Waals surface area contributed by atoms with Crippen LogP contribution in [0.1, 0.15) is 51.9 Å². The summed E-state index contributed by atoms with van der Waals surface area (Å²) in [4.78, 5) is 15.3. The van der Waals surface area contributed by atoms with E-state index in [1.165, 1.54) is 34.4 Å². The SMILES string of the molecule is Cc1ccc2c(c1)C(S(=O)(=O)Oc1c(C)cc([Se+]3CCCCC3)cc1C)=CC(=[N+]=[N-])C2=O. The summed E-state index contributed by atoms with van der Waals surface area (Å²) in [5.74, 6) is -0.222. The van der Waals surface area contributed by atoms with Crippen LogP contribution in [0.15, 0.2) is 36.4 Å². The summed E-state index contributed by atoms with van der Waals surface area (Å²) in [6.45, 7) is 5.55. The fraction of sp³-hybridized carbons (Fsp3) is 0.333. The van der Waals surface area contributed by atoms with Gasteiger partial charge >= 0.3 is 193 Å². The Labute approximate surface area is 192 Å². The van der Waals surface area contributed by atoms with E-state index in [4.69, 9.17) is 4.18 Å². The molecule has 0 N–H and O–H groups in total. The Morgan fingerprint density at radius 3 is 2.25 bits per heavy atom. The predicted octanol–water partition coefficient (Wildman–Crippen LogP) is 4.11. The third-order valence-corrected chi connectivity index (χ3v) is 12.2. The van der Waals surface area contributed by atoms with Gasteiger partial charge in [0.25, 0.3) is 0 Å². The molecule has 8 heteroatoms. The molecule has 0 unspecified atom stereocenters. The van der Waals surface area contributed by atoms with Crippen LogP contribution in [0.4, 0.5) is 0 Å². The summed E-state index contributed by atoms with van der Waals surface area (Å²) in [6.07, 6.45) is 4.92. The standard InChI is InChI=1S/C24H25N2O4SSe/c1-15-7-8-19-20(11-15)22(14-21(26-25)23(19)27)31(28,29)30-24-16(2)12-18(13-17(24)3)32-9-5-4-6-10-32/h7-8,11-14H,4-6,9-10H2,1-3H3/q+1. The Kier molecular flexibility index (Phi) is 6.24. The van der Waals surface area contributed by atoms with E-state index in [0.717, 1.165) is 22.8 Å². The van der Waals surface area contributed by atoms with Crippen LogP contribution in [0.5, 0.6) is 5.75 Å². The van der Waals surface area contributed by atoms with E-state index >= 15 is 0 Å². The Bertz CT molecular complexity index is 1280. The zero-order chi connectivity index (χ0) is 23.0. The summed E-state index contributed by atoms with van der Waals surface area (Å²) >= 11 is -0.859. The molecule has 0 atom stereocenters. The van der Waals surface area contributed by atoms with Gasteiger partial charge in [-0.1, -0.05) is 0 Å². The Balaban J connectivity index is 1.74. The zero-order valence-corrected chi connectivity index (χ0v) is 20.9. The van der Waals surface area contributed by atoms with Gasteiger partial charge in [-0.25, -0.2) is 0 Å². The van der Waals surface area contributed by atoms with Crippen molar-refractivity contribution in [1.82, 2.24) is 0 Å². The van der Waals surface area contributed by atoms with Crippen molar-refractivity contribution in [2.75, 3.05) is 0 Å². The summed E-state index contributed by atoms with van der Waals surface area (Å²) in [5, 5.41) is 2.55. The Hall–Kier alpha value is -2.50. The zero-order valence-electron chi connectivity index (χ0n) is 18.3. The molecule has 1 heterocycles. The summed E-state index contributed by atoms with van der Waals surface area (Å²) in [7, 11) is -4.29. The monoisotopic (exact) mass is 517 g/mol. The van der Waals surface area contributed by atoms with Gasteiger partial charge in [0.1, 0.15) is 0 Å². The van der Waals surface area contributed by atoms with Crippen LogP contribution in [0.3, 0.4) is 0 Å². The normalized spacial score (nSPS) is 16.9. The van der Waals surface area contributed by atoms with Crippen molar-refractivity contribution in [2.45, 2.75) is 50.7 Å². The number of hydrogen-bond acceptors (Lipinski definition) is 4. The Morgan fingerprint density at radius 2 is 1.62 bits per heavy atom. The van der Waals surface area contributed by atoms with Gasteiger partial charge in [-0.2, -0.15) is 0 Å². The third-order valence-electron chi connectivity index (χ3n) is 5.80. The molecule has 1 fully saturated rings. The van der Waals surface area contributed by atoms with Gasteiger partial charge in [-0.05, 0) is 0 Å². The van der Waals surface area contributed by atoms with Gasteiger partial charge in [0.2, 0.25) is 0 Å². The van der Waals surface area contributed by atoms with Gasteiger partial charge < -0.3 is 0 Å². The Morgan fingerprint density at radius 1 is 0.969 bits per heavy atom. The number of rotatable bonds is 4. The topological polar surface area (TPSA) is 96.8 Å². The number of carbonyl (C=O) groups is 1. The predicted molar refractivity (Wildman–Crippen MR) is 126 cm³/mol. The number of aryl methyl sites for hydroxylation is 3. The van der Waals surface area contributed by atoms with E-state index in [9.17, 15) is 18.7 Å². The first kappa shape index (κ1) is 22.7. The second-order valence-electron chi connectivity index (χ2n) is 8.26. The number of allylic oxidation sites excluding steroid dienone is 1. The van der Waals surface area contributed by atoms with Gasteiger partial charge in [0.05, 0.1) is 0 Å². The second-order valence-corrected chi connectivity index (χ2v) is 14.5. The molecule has 1 aliphatic carbocycles. The number of Topliss-reactive ketones (excluding diaryl/α,β-unsaturated/α-hetero) is 1. The maximum absolute atomic E-state index is 13.4. The van der Waals surface area contributed by atoms with Crippen LogP contribution in [0, 0.1) is 20.8 Å². The van der Waals surface area contributed by atoms with Crippen molar-refractivity contribution < 1.29 is 22.2 Å². The van der Waals surface area contributed by atoms with E-state index in [2.05, 4.69) is 16.9 Å². The number of carbonyl (C=O) groups excluding carboxylic acids is 1. The van der Waals surface area contributed by atoms with Crippen molar-refractivity contribution in [1.29, 1.82) is 0 Å². The van der Waals surface area contributed by atoms with Crippen LogP contribution in [0.2, 0.25) is 10.6 Å². The van der Waals surface area contributed by atoms with E-state index in [1.54, 1.807) is 18.2 Å².